The molecule has 1 atom stereocenters. The summed E-state index contributed by atoms with van der Waals surface area (Å²) in [6.07, 6.45) is 3.90. The fourth-order valence-electron chi connectivity index (χ4n) is 3.03. The Bertz CT molecular complexity index is 175. The molecule has 1 aliphatic heterocycles. The third kappa shape index (κ3) is 4.50. The molecule has 0 saturated carbocycles. The van der Waals surface area contributed by atoms with Crippen molar-refractivity contribution in [1.29, 1.82) is 0 Å². The van der Waals surface area contributed by atoms with Gasteiger partial charge in [0, 0.05) is 6.61 Å². The van der Waals surface area contributed by atoms with Crippen LogP contribution in [0.3, 0.4) is 0 Å². The molecule has 0 amide bonds. The molecule has 0 aromatic carbocycles. The van der Waals surface area contributed by atoms with E-state index in [0.717, 1.165) is 20.0 Å². The fourth-order valence-corrected chi connectivity index (χ4v) is 3.03. The molecule has 1 rings (SSSR count). The molecule has 1 fully saturated rings. The summed E-state index contributed by atoms with van der Waals surface area (Å²) in [5.74, 6) is 0.812. The van der Waals surface area contributed by atoms with E-state index in [2.05, 4.69) is 34.6 Å². The molecule has 0 aliphatic carbocycles. The number of hydrogen-bond acceptors (Lipinski definition) is 1. The summed E-state index contributed by atoms with van der Waals surface area (Å²) in [5.41, 5.74) is 0.916. The SMILES string of the molecule is CC(C)(C)CC(C)(C)CC1CBOC1. The van der Waals surface area contributed by atoms with E-state index < -0.39 is 0 Å². The highest BCUT2D eigenvalue weighted by molar-refractivity contribution is 6.28. The van der Waals surface area contributed by atoms with Crippen molar-refractivity contribution in [1.82, 2.24) is 0 Å². The number of hydrogen-bond donors (Lipinski definition) is 0. The predicted octanol–water partition coefficient (Wildman–Crippen LogP) is 3.26. The second kappa shape index (κ2) is 4.26. The molecular weight excluding hydrogens is 171 g/mol. The first-order valence-corrected chi connectivity index (χ1v) is 5.86. The quantitative estimate of drug-likeness (QED) is 0.629. The normalized spacial score (nSPS) is 23.6. The minimum atomic E-state index is 0.447. The molecule has 1 saturated heterocycles. The van der Waals surface area contributed by atoms with Crippen molar-refractivity contribution >= 4 is 7.48 Å². The third-order valence-electron chi connectivity index (χ3n) is 2.87. The summed E-state index contributed by atoms with van der Waals surface area (Å²) < 4.78 is 5.43. The summed E-state index contributed by atoms with van der Waals surface area (Å²) in [6, 6.07) is 0. The van der Waals surface area contributed by atoms with Gasteiger partial charge >= 0.3 is 0 Å². The first-order chi connectivity index (χ1) is 6.29. The van der Waals surface area contributed by atoms with Gasteiger partial charge in [0.15, 0.2) is 0 Å². The van der Waals surface area contributed by atoms with E-state index in [0.29, 0.717) is 10.8 Å². The van der Waals surface area contributed by atoms with Crippen molar-refractivity contribution in [2.75, 3.05) is 6.61 Å². The molecule has 1 heterocycles. The van der Waals surface area contributed by atoms with Crippen LogP contribution in [0.25, 0.3) is 0 Å². The van der Waals surface area contributed by atoms with E-state index in [4.69, 9.17) is 4.65 Å². The Balaban J connectivity index is 2.40. The molecule has 2 heteroatoms. The lowest BCUT2D eigenvalue weighted by molar-refractivity contribution is 0.162. The maximum atomic E-state index is 5.43. The molecule has 1 nitrogen and oxygen atoms in total. The van der Waals surface area contributed by atoms with Gasteiger partial charge in [-0.1, -0.05) is 34.6 Å². The highest BCUT2D eigenvalue weighted by atomic mass is 16.4. The van der Waals surface area contributed by atoms with Gasteiger partial charge in [-0.3, -0.25) is 0 Å². The molecule has 0 aromatic rings. The van der Waals surface area contributed by atoms with Crippen molar-refractivity contribution < 1.29 is 4.65 Å². The summed E-state index contributed by atoms with van der Waals surface area (Å²) >= 11 is 0. The van der Waals surface area contributed by atoms with E-state index in [1.54, 1.807) is 0 Å². The second-order valence-corrected chi connectivity index (χ2v) is 6.84. The maximum Gasteiger partial charge on any atom is 0.275 e. The van der Waals surface area contributed by atoms with Gasteiger partial charge in [0.05, 0.1) is 0 Å². The Kier molecular flexibility index (Phi) is 3.68. The van der Waals surface area contributed by atoms with Crippen LogP contribution in [-0.2, 0) is 4.65 Å². The summed E-state index contributed by atoms with van der Waals surface area (Å²) in [7, 11) is 0.982. The summed E-state index contributed by atoms with van der Waals surface area (Å²) in [5, 5.41) is 0. The van der Waals surface area contributed by atoms with Crippen molar-refractivity contribution in [2.45, 2.75) is 53.8 Å². The van der Waals surface area contributed by atoms with Crippen LogP contribution in [0.2, 0.25) is 6.32 Å². The molecule has 1 unspecified atom stereocenters. The molecule has 1 aliphatic rings. The van der Waals surface area contributed by atoms with Crippen molar-refractivity contribution in [2.24, 2.45) is 16.7 Å². The molecular formula is C12H25BO. The van der Waals surface area contributed by atoms with Gasteiger partial charge < -0.3 is 4.65 Å². The molecule has 0 spiro atoms. The van der Waals surface area contributed by atoms with Crippen LogP contribution in [0.5, 0.6) is 0 Å². The van der Waals surface area contributed by atoms with E-state index in [1.807, 2.05) is 0 Å². The van der Waals surface area contributed by atoms with Crippen LogP contribution in [-0.4, -0.2) is 14.1 Å². The van der Waals surface area contributed by atoms with Gasteiger partial charge in [-0.05, 0) is 35.9 Å². The monoisotopic (exact) mass is 196 g/mol. The van der Waals surface area contributed by atoms with E-state index >= 15 is 0 Å². The lowest BCUT2D eigenvalue weighted by Crippen LogP contribution is -2.23. The van der Waals surface area contributed by atoms with E-state index in [1.165, 1.54) is 19.2 Å². The smallest absolute Gasteiger partial charge is 0.275 e. The van der Waals surface area contributed by atoms with Gasteiger partial charge in [0.1, 0.15) is 0 Å². The van der Waals surface area contributed by atoms with Crippen molar-refractivity contribution in [3.8, 4) is 0 Å². The Morgan fingerprint density at radius 2 is 1.86 bits per heavy atom. The Labute approximate surface area is 89.9 Å². The highest BCUT2D eigenvalue weighted by Crippen LogP contribution is 2.39. The lowest BCUT2D eigenvalue weighted by atomic mass is 9.70. The van der Waals surface area contributed by atoms with Crippen LogP contribution in [0.15, 0.2) is 0 Å². The van der Waals surface area contributed by atoms with Gasteiger partial charge in [-0.2, -0.15) is 0 Å². The maximum absolute atomic E-state index is 5.43. The van der Waals surface area contributed by atoms with E-state index in [9.17, 15) is 0 Å². The van der Waals surface area contributed by atoms with Crippen molar-refractivity contribution in [3.05, 3.63) is 0 Å². The van der Waals surface area contributed by atoms with Crippen LogP contribution in [0.4, 0.5) is 0 Å². The van der Waals surface area contributed by atoms with Gasteiger partial charge in [-0.25, -0.2) is 0 Å². The molecule has 0 radical (unpaired) electrons. The Morgan fingerprint density at radius 3 is 2.29 bits per heavy atom. The molecule has 82 valence electrons. The standard InChI is InChI=1S/C12H25BO/c1-11(2,3)9-12(4,5)6-10-7-13-14-8-10/h10,13H,6-9H2,1-5H3. The third-order valence-corrected chi connectivity index (χ3v) is 2.87. The van der Waals surface area contributed by atoms with Crippen molar-refractivity contribution in [3.63, 3.8) is 0 Å². The molecule has 0 bridgehead atoms. The topological polar surface area (TPSA) is 9.23 Å². The molecule has 0 N–H and O–H groups in total. The largest absolute Gasteiger partial charge is 0.439 e. The van der Waals surface area contributed by atoms with Crippen LogP contribution < -0.4 is 0 Å². The fraction of sp³-hybridized carbons (Fsp3) is 1.00. The van der Waals surface area contributed by atoms with Crippen LogP contribution in [0, 0.1) is 16.7 Å². The van der Waals surface area contributed by atoms with Gasteiger partial charge in [0.2, 0.25) is 0 Å². The average molecular weight is 196 g/mol. The predicted molar refractivity (Wildman–Crippen MR) is 63.9 cm³/mol. The van der Waals surface area contributed by atoms with E-state index in [-0.39, 0.29) is 0 Å². The minimum Gasteiger partial charge on any atom is -0.439 e. The zero-order valence-corrected chi connectivity index (χ0v) is 10.5. The molecule has 0 aromatic heterocycles. The molecule has 14 heavy (non-hydrogen) atoms. The van der Waals surface area contributed by atoms with Crippen LogP contribution >= 0.6 is 0 Å². The summed E-state index contributed by atoms with van der Waals surface area (Å²) in [6.45, 7) is 12.8. The average Bonchev–Trinajstić information content (AvgIpc) is 2.31. The first kappa shape index (κ1) is 12.1. The first-order valence-electron chi connectivity index (χ1n) is 5.86. The summed E-state index contributed by atoms with van der Waals surface area (Å²) in [4.78, 5) is 0. The number of rotatable bonds is 3. The van der Waals surface area contributed by atoms with Gasteiger partial charge in [0.25, 0.3) is 7.48 Å². The minimum absolute atomic E-state index is 0.447. The zero-order valence-electron chi connectivity index (χ0n) is 10.5. The van der Waals surface area contributed by atoms with Gasteiger partial charge in [-0.15, -0.1) is 0 Å². The Morgan fingerprint density at radius 1 is 1.21 bits per heavy atom. The second-order valence-electron chi connectivity index (χ2n) is 6.84. The Hall–Kier alpha value is 0.0249. The zero-order chi connectivity index (χ0) is 10.8. The van der Waals surface area contributed by atoms with Crippen LogP contribution in [0.1, 0.15) is 47.5 Å². The highest BCUT2D eigenvalue weighted by Gasteiger charge is 2.30. The lowest BCUT2D eigenvalue weighted by Gasteiger charge is -2.34.